The Hall–Kier alpha value is -0.850. The Kier molecular flexibility index (Phi) is 5.46. The van der Waals surface area contributed by atoms with Gasteiger partial charge in [-0.05, 0) is 41.9 Å². The van der Waals surface area contributed by atoms with Crippen molar-refractivity contribution in [2.24, 2.45) is 0 Å². The summed E-state index contributed by atoms with van der Waals surface area (Å²) in [4.78, 5) is 1.81. The standard InChI is InChI=1S/C15H15BrF3NS/c1-3-4-20-15(13-7-10(16)8(2)21-13)14-11(18)5-9(17)6-12(14)19/h5-7,15,20H,3-4H2,1-2H3. The largest absolute Gasteiger partial charge is 0.305 e. The fourth-order valence-electron chi connectivity index (χ4n) is 2.09. The van der Waals surface area contributed by atoms with Crippen molar-refractivity contribution in [3.05, 3.63) is 55.4 Å². The van der Waals surface area contributed by atoms with Gasteiger partial charge in [-0.15, -0.1) is 11.3 Å². The lowest BCUT2D eigenvalue weighted by atomic mass is 10.0. The molecule has 1 heterocycles. The van der Waals surface area contributed by atoms with Gasteiger partial charge < -0.3 is 5.32 Å². The molecule has 1 nitrogen and oxygen atoms in total. The smallest absolute Gasteiger partial charge is 0.134 e. The fourth-order valence-corrected chi connectivity index (χ4v) is 3.73. The van der Waals surface area contributed by atoms with Crippen molar-refractivity contribution in [1.29, 1.82) is 0 Å². The van der Waals surface area contributed by atoms with Gasteiger partial charge in [-0.25, -0.2) is 13.2 Å². The minimum Gasteiger partial charge on any atom is -0.305 e. The lowest BCUT2D eigenvalue weighted by Crippen LogP contribution is -2.24. The first-order chi connectivity index (χ1) is 9.93. The zero-order valence-electron chi connectivity index (χ0n) is 11.6. The van der Waals surface area contributed by atoms with Crippen molar-refractivity contribution >= 4 is 27.3 Å². The molecule has 0 spiro atoms. The van der Waals surface area contributed by atoms with Gasteiger partial charge in [0.2, 0.25) is 0 Å². The minimum atomic E-state index is -0.911. The number of rotatable bonds is 5. The molecule has 0 saturated carbocycles. The van der Waals surface area contributed by atoms with Crippen molar-refractivity contribution in [1.82, 2.24) is 5.32 Å². The zero-order chi connectivity index (χ0) is 15.6. The van der Waals surface area contributed by atoms with Gasteiger partial charge in [-0.2, -0.15) is 0 Å². The second-order valence-electron chi connectivity index (χ2n) is 4.72. The number of hydrogen-bond donors (Lipinski definition) is 1. The van der Waals surface area contributed by atoms with Crippen LogP contribution in [-0.4, -0.2) is 6.54 Å². The first-order valence-electron chi connectivity index (χ1n) is 6.57. The molecule has 0 radical (unpaired) electrons. The predicted molar refractivity (Wildman–Crippen MR) is 83.2 cm³/mol. The molecule has 0 fully saturated rings. The topological polar surface area (TPSA) is 12.0 Å². The molecule has 114 valence electrons. The third kappa shape index (κ3) is 3.67. The summed E-state index contributed by atoms with van der Waals surface area (Å²) < 4.78 is 42.1. The van der Waals surface area contributed by atoms with Crippen molar-refractivity contribution in [2.45, 2.75) is 26.3 Å². The Labute approximate surface area is 134 Å². The molecule has 0 amide bonds. The third-order valence-corrected chi connectivity index (χ3v) is 5.29. The third-order valence-electron chi connectivity index (χ3n) is 3.09. The molecular formula is C15H15BrF3NS. The lowest BCUT2D eigenvalue weighted by Gasteiger charge is -2.19. The van der Waals surface area contributed by atoms with E-state index >= 15 is 0 Å². The van der Waals surface area contributed by atoms with E-state index in [4.69, 9.17) is 0 Å². The van der Waals surface area contributed by atoms with Gasteiger partial charge in [0.15, 0.2) is 0 Å². The maximum absolute atomic E-state index is 14.1. The Morgan fingerprint density at radius 1 is 1.19 bits per heavy atom. The van der Waals surface area contributed by atoms with E-state index in [-0.39, 0.29) is 5.56 Å². The summed E-state index contributed by atoms with van der Waals surface area (Å²) >= 11 is 4.86. The Morgan fingerprint density at radius 2 is 1.81 bits per heavy atom. The van der Waals surface area contributed by atoms with Gasteiger partial charge in [0.25, 0.3) is 0 Å². The maximum Gasteiger partial charge on any atom is 0.134 e. The highest BCUT2D eigenvalue weighted by molar-refractivity contribution is 9.10. The van der Waals surface area contributed by atoms with Crippen LogP contribution < -0.4 is 5.32 Å². The molecule has 21 heavy (non-hydrogen) atoms. The average Bonchev–Trinajstić information content (AvgIpc) is 2.72. The number of aryl methyl sites for hydroxylation is 1. The molecule has 1 atom stereocenters. The summed E-state index contributed by atoms with van der Waals surface area (Å²) in [7, 11) is 0. The quantitative estimate of drug-likeness (QED) is 0.742. The van der Waals surface area contributed by atoms with Crippen molar-refractivity contribution < 1.29 is 13.2 Å². The Bertz CT molecular complexity index is 599. The SMILES string of the molecule is CCCNC(c1cc(Br)c(C)s1)c1c(F)cc(F)cc1F. The van der Waals surface area contributed by atoms with Gasteiger partial charge in [-0.3, -0.25) is 0 Å². The summed E-state index contributed by atoms with van der Waals surface area (Å²) in [6.45, 7) is 4.50. The van der Waals surface area contributed by atoms with Gasteiger partial charge in [0.05, 0.1) is 6.04 Å². The number of hydrogen-bond acceptors (Lipinski definition) is 2. The van der Waals surface area contributed by atoms with Gasteiger partial charge in [0, 0.05) is 31.9 Å². The van der Waals surface area contributed by atoms with E-state index < -0.39 is 23.5 Å². The minimum absolute atomic E-state index is 0.140. The molecular weight excluding hydrogens is 363 g/mol. The van der Waals surface area contributed by atoms with Crippen LogP contribution in [0, 0.1) is 24.4 Å². The van der Waals surface area contributed by atoms with Gasteiger partial charge in [-0.1, -0.05) is 6.92 Å². The molecule has 1 N–H and O–H groups in total. The molecule has 0 aliphatic rings. The number of benzene rings is 1. The van der Waals surface area contributed by atoms with Crippen LogP contribution in [0.5, 0.6) is 0 Å². The highest BCUT2D eigenvalue weighted by Gasteiger charge is 2.24. The molecule has 2 rings (SSSR count). The molecule has 0 bridgehead atoms. The molecule has 1 aromatic carbocycles. The monoisotopic (exact) mass is 377 g/mol. The van der Waals surface area contributed by atoms with Crippen LogP contribution in [0.25, 0.3) is 0 Å². The van der Waals surface area contributed by atoms with E-state index in [1.54, 1.807) is 0 Å². The molecule has 1 unspecified atom stereocenters. The average molecular weight is 378 g/mol. The predicted octanol–water partition coefficient (Wildman–Crippen LogP) is 5.33. The second kappa shape index (κ2) is 6.94. The number of thiophene rings is 1. The molecule has 0 aliphatic heterocycles. The molecule has 6 heteroatoms. The van der Waals surface area contributed by atoms with E-state index in [1.807, 2.05) is 19.9 Å². The summed E-state index contributed by atoms with van der Waals surface area (Å²) in [5, 5.41) is 3.13. The van der Waals surface area contributed by atoms with E-state index in [2.05, 4.69) is 21.2 Å². The Morgan fingerprint density at radius 3 is 2.29 bits per heavy atom. The van der Waals surface area contributed by atoms with Crippen LogP contribution in [0.2, 0.25) is 0 Å². The maximum atomic E-state index is 14.1. The zero-order valence-corrected chi connectivity index (χ0v) is 14.0. The van der Waals surface area contributed by atoms with Crippen LogP contribution in [0.1, 0.15) is 34.7 Å². The normalized spacial score (nSPS) is 12.7. The van der Waals surface area contributed by atoms with Crippen molar-refractivity contribution in [3.63, 3.8) is 0 Å². The van der Waals surface area contributed by atoms with Gasteiger partial charge in [0.1, 0.15) is 17.5 Å². The van der Waals surface area contributed by atoms with Crippen LogP contribution in [0.4, 0.5) is 13.2 Å². The van der Waals surface area contributed by atoms with Crippen molar-refractivity contribution in [3.8, 4) is 0 Å². The summed E-state index contributed by atoms with van der Waals surface area (Å²) in [5.41, 5.74) is -0.140. The van der Waals surface area contributed by atoms with E-state index in [0.717, 1.165) is 20.6 Å². The first-order valence-corrected chi connectivity index (χ1v) is 8.18. The van der Waals surface area contributed by atoms with Crippen molar-refractivity contribution in [2.75, 3.05) is 6.54 Å². The lowest BCUT2D eigenvalue weighted by molar-refractivity contribution is 0.489. The Balaban J connectivity index is 2.50. The number of halogens is 4. The highest BCUT2D eigenvalue weighted by Crippen LogP contribution is 2.35. The van der Waals surface area contributed by atoms with Crippen LogP contribution >= 0.6 is 27.3 Å². The summed E-state index contributed by atoms with van der Waals surface area (Å²) in [5.74, 6) is -2.65. The summed E-state index contributed by atoms with van der Waals surface area (Å²) in [6.07, 6.45) is 0.826. The van der Waals surface area contributed by atoms with Crippen LogP contribution in [0.15, 0.2) is 22.7 Å². The molecule has 0 saturated heterocycles. The van der Waals surface area contributed by atoms with E-state index in [0.29, 0.717) is 18.7 Å². The van der Waals surface area contributed by atoms with E-state index in [9.17, 15) is 13.2 Å². The second-order valence-corrected chi connectivity index (χ2v) is 6.87. The van der Waals surface area contributed by atoms with Crippen LogP contribution in [-0.2, 0) is 0 Å². The summed E-state index contributed by atoms with van der Waals surface area (Å²) in [6, 6.07) is 2.65. The molecule has 2 aromatic rings. The fraction of sp³-hybridized carbons (Fsp3) is 0.333. The van der Waals surface area contributed by atoms with Crippen LogP contribution in [0.3, 0.4) is 0 Å². The molecule has 1 aromatic heterocycles. The van der Waals surface area contributed by atoms with E-state index in [1.165, 1.54) is 11.3 Å². The highest BCUT2D eigenvalue weighted by atomic mass is 79.9. The number of nitrogens with one attached hydrogen (secondary N) is 1. The van der Waals surface area contributed by atoms with Gasteiger partial charge >= 0.3 is 0 Å². The molecule has 0 aliphatic carbocycles. The first kappa shape index (κ1) is 16.5.